The quantitative estimate of drug-likeness (QED) is 0.675. The first kappa shape index (κ1) is 22.7. The van der Waals surface area contributed by atoms with Gasteiger partial charge in [0.05, 0.1) is 15.2 Å². The van der Waals surface area contributed by atoms with E-state index < -0.39 is 26.8 Å². The van der Waals surface area contributed by atoms with Gasteiger partial charge >= 0.3 is 6.09 Å². The molecule has 0 saturated carbocycles. The summed E-state index contributed by atoms with van der Waals surface area (Å²) >= 11 is 6.49. The molecule has 1 aromatic rings. The van der Waals surface area contributed by atoms with E-state index in [4.69, 9.17) is 16.3 Å². The maximum Gasteiger partial charge on any atom is 0.410 e. The van der Waals surface area contributed by atoms with Crippen LogP contribution < -0.4 is 4.90 Å². The van der Waals surface area contributed by atoms with Gasteiger partial charge in [-0.05, 0) is 64.8 Å². The van der Waals surface area contributed by atoms with E-state index in [9.17, 15) is 13.2 Å². The van der Waals surface area contributed by atoms with Gasteiger partial charge in [0.25, 0.3) is 0 Å². The van der Waals surface area contributed by atoms with E-state index in [0.29, 0.717) is 19.0 Å². The van der Waals surface area contributed by atoms with Crippen LogP contribution >= 0.6 is 11.6 Å². The fourth-order valence-electron chi connectivity index (χ4n) is 4.80. The van der Waals surface area contributed by atoms with E-state index in [0.717, 1.165) is 25.3 Å². The van der Waals surface area contributed by atoms with Crippen LogP contribution in [0.5, 0.6) is 0 Å². The van der Waals surface area contributed by atoms with Gasteiger partial charge in [-0.2, -0.15) is 0 Å². The van der Waals surface area contributed by atoms with Crippen LogP contribution in [0, 0.1) is 0 Å². The van der Waals surface area contributed by atoms with Gasteiger partial charge in [-0.15, -0.1) is 0 Å². The maximum absolute atomic E-state index is 13.3. The molecule has 3 aliphatic heterocycles. The Hall–Kier alpha value is -1.51. The van der Waals surface area contributed by atoms with Crippen molar-refractivity contribution in [3.8, 4) is 0 Å². The molecule has 0 bridgehead atoms. The molecule has 3 fully saturated rings. The van der Waals surface area contributed by atoms with Crippen LogP contribution in [0.4, 0.5) is 10.5 Å². The molecule has 0 aromatic heterocycles. The minimum Gasteiger partial charge on any atom is -0.444 e. The van der Waals surface area contributed by atoms with E-state index in [1.165, 1.54) is 24.3 Å². The number of sulfone groups is 1. The number of hydrogen-bond acceptors (Lipinski definition) is 6. The molecule has 0 aliphatic carbocycles. The summed E-state index contributed by atoms with van der Waals surface area (Å²) in [5, 5.41) is -0.424. The van der Waals surface area contributed by atoms with Gasteiger partial charge in [0, 0.05) is 44.5 Å². The van der Waals surface area contributed by atoms with Crippen molar-refractivity contribution in [3.05, 3.63) is 23.2 Å². The van der Waals surface area contributed by atoms with Crippen molar-refractivity contribution in [3.63, 3.8) is 0 Å². The van der Waals surface area contributed by atoms with Gasteiger partial charge in [0.1, 0.15) is 5.60 Å². The summed E-state index contributed by atoms with van der Waals surface area (Å²) in [5.41, 5.74) is 0.356. The molecule has 0 spiro atoms. The van der Waals surface area contributed by atoms with E-state index >= 15 is 0 Å². The minimum absolute atomic E-state index is 0.124. The molecule has 3 saturated heterocycles. The normalized spacial score (nSPS) is 25.0. The molecule has 4 rings (SSSR count). The number of piperazine rings is 1. The maximum atomic E-state index is 13.3. The number of rotatable bonds is 3. The van der Waals surface area contributed by atoms with Crippen LogP contribution in [-0.4, -0.2) is 80.5 Å². The fourth-order valence-corrected chi connectivity index (χ4v) is 7.03. The van der Waals surface area contributed by atoms with Crippen molar-refractivity contribution in [2.45, 2.75) is 61.8 Å². The number of benzene rings is 1. The van der Waals surface area contributed by atoms with Gasteiger partial charge in [-0.1, -0.05) is 11.6 Å². The summed E-state index contributed by atoms with van der Waals surface area (Å²) in [7, 11) is -3.65. The van der Waals surface area contributed by atoms with Crippen LogP contribution in [0.2, 0.25) is 5.02 Å². The molecule has 3 heterocycles. The predicted octanol–water partition coefficient (Wildman–Crippen LogP) is 3.41. The van der Waals surface area contributed by atoms with E-state index in [1.807, 2.05) is 6.07 Å². The Morgan fingerprint density at radius 2 is 1.87 bits per heavy atom. The van der Waals surface area contributed by atoms with Gasteiger partial charge in [-0.3, -0.25) is 4.90 Å². The summed E-state index contributed by atoms with van der Waals surface area (Å²) < 4.78 is 31.9. The highest BCUT2D eigenvalue weighted by molar-refractivity contribution is 7.92. The lowest BCUT2D eigenvalue weighted by molar-refractivity contribution is 0.0295. The summed E-state index contributed by atoms with van der Waals surface area (Å²) in [5.74, 6) is 0. The molecule has 172 valence electrons. The largest absolute Gasteiger partial charge is 0.444 e. The van der Waals surface area contributed by atoms with Gasteiger partial charge < -0.3 is 14.5 Å². The molecule has 31 heavy (non-hydrogen) atoms. The van der Waals surface area contributed by atoms with E-state index in [-0.39, 0.29) is 16.5 Å². The Kier molecular flexibility index (Phi) is 6.18. The first-order chi connectivity index (χ1) is 14.5. The molecule has 1 aromatic carbocycles. The summed E-state index contributed by atoms with van der Waals surface area (Å²) in [4.78, 5) is 18.8. The zero-order valence-corrected chi connectivity index (χ0v) is 20.1. The average Bonchev–Trinajstić information content (AvgIpc) is 3.35. The fraction of sp³-hybridized carbons (Fsp3) is 0.682. The number of nitrogens with zero attached hydrogens (tertiary/aromatic N) is 3. The Morgan fingerprint density at radius 3 is 2.58 bits per heavy atom. The minimum atomic E-state index is -3.65. The SMILES string of the molecule is CC(C)(C)OC(=O)N1CCC(S(=O)(=O)c2ccc(N3CCN4CCC[C@H]4C3)cc2Cl)C1. The van der Waals surface area contributed by atoms with Crippen LogP contribution in [-0.2, 0) is 14.6 Å². The highest BCUT2D eigenvalue weighted by Gasteiger charge is 2.39. The molecule has 0 N–H and O–H groups in total. The lowest BCUT2D eigenvalue weighted by Crippen LogP contribution is -2.50. The molecule has 7 nitrogen and oxygen atoms in total. The number of carbonyl (C=O) groups excluding carboxylic acids is 1. The van der Waals surface area contributed by atoms with Gasteiger partial charge in [-0.25, -0.2) is 13.2 Å². The first-order valence-corrected chi connectivity index (χ1v) is 13.0. The second-order valence-corrected chi connectivity index (χ2v) is 12.4. The number of halogens is 1. The highest BCUT2D eigenvalue weighted by atomic mass is 35.5. The second-order valence-electron chi connectivity index (χ2n) is 9.77. The number of amides is 1. The molecule has 1 unspecified atom stereocenters. The van der Waals surface area contributed by atoms with Crippen LogP contribution in [0.25, 0.3) is 0 Å². The predicted molar refractivity (Wildman–Crippen MR) is 122 cm³/mol. The number of anilines is 1. The zero-order valence-electron chi connectivity index (χ0n) is 18.5. The first-order valence-electron chi connectivity index (χ1n) is 11.0. The van der Waals surface area contributed by atoms with Gasteiger partial charge in [0.2, 0.25) is 0 Å². The number of likely N-dealkylation sites (tertiary alicyclic amines) is 1. The van der Waals surface area contributed by atoms with Crippen molar-refractivity contribution in [1.29, 1.82) is 0 Å². The number of ether oxygens (including phenoxy) is 1. The third-order valence-corrected chi connectivity index (χ3v) is 9.07. The average molecular weight is 470 g/mol. The lowest BCUT2D eigenvalue weighted by atomic mass is 10.1. The monoisotopic (exact) mass is 469 g/mol. The topological polar surface area (TPSA) is 70.2 Å². The Morgan fingerprint density at radius 1 is 1.10 bits per heavy atom. The van der Waals surface area contributed by atoms with Crippen molar-refractivity contribution < 1.29 is 17.9 Å². The van der Waals surface area contributed by atoms with Crippen molar-refractivity contribution in [2.24, 2.45) is 0 Å². The summed E-state index contributed by atoms with van der Waals surface area (Å²) in [6.45, 7) is 9.96. The third kappa shape index (κ3) is 4.81. The lowest BCUT2D eigenvalue weighted by Gasteiger charge is -2.39. The molecular formula is C22H32ClN3O4S. The number of carbonyl (C=O) groups is 1. The van der Waals surface area contributed by atoms with E-state index in [2.05, 4.69) is 9.80 Å². The molecule has 9 heteroatoms. The molecule has 1 amide bonds. The highest BCUT2D eigenvalue weighted by Crippen LogP contribution is 2.34. The smallest absolute Gasteiger partial charge is 0.410 e. The molecule has 2 atom stereocenters. The van der Waals surface area contributed by atoms with Crippen molar-refractivity contribution >= 4 is 33.2 Å². The Balaban J connectivity index is 1.46. The third-order valence-electron chi connectivity index (χ3n) is 6.41. The number of hydrogen-bond donors (Lipinski definition) is 0. The van der Waals surface area contributed by atoms with Crippen molar-refractivity contribution in [2.75, 3.05) is 44.2 Å². The Labute approximate surface area is 190 Å². The Bertz CT molecular complexity index is 947. The molecule has 3 aliphatic rings. The standard InChI is InChI=1S/C22H32ClN3O4S/c1-22(2,3)30-21(27)26-10-8-18(15-26)31(28,29)20-7-6-16(13-19(20)23)25-12-11-24-9-4-5-17(24)14-25/h6-7,13,17-18H,4-5,8-12,14-15H2,1-3H3/t17-,18?/m0/s1. The molecule has 0 radical (unpaired) electrons. The van der Waals surface area contributed by atoms with Crippen LogP contribution in [0.3, 0.4) is 0 Å². The summed E-state index contributed by atoms with van der Waals surface area (Å²) in [6.07, 6.45) is 2.37. The van der Waals surface area contributed by atoms with Gasteiger partial charge in [0.15, 0.2) is 9.84 Å². The number of fused-ring (bicyclic) bond motifs is 1. The second kappa shape index (κ2) is 8.45. The van der Waals surface area contributed by atoms with E-state index in [1.54, 1.807) is 32.9 Å². The molecular weight excluding hydrogens is 438 g/mol. The van der Waals surface area contributed by atoms with Crippen molar-refractivity contribution in [1.82, 2.24) is 9.80 Å². The summed E-state index contributed by atoms with van der Waals surface area (Å²) in [6, 6.07) is 5.85. The van der Waals surface area contributed by atoms with Crippen LogP contribution in [0.15, 0.2) is 23.1 Å². The zero-order chi connectivity index (χ0) is 22.4. The van der Waals surface area contributed by atoms with Crippen LogP contribution in [0.1, 0.15) is 40.0 Å².